The molecule has 1 aliphatic carbocycles. The maximum atomic E-state index is 4.25. The minimum atomic E-state index is 0.750. The van der Waals surface area contributed by atoms with Gasteiger partial charge in [-0.1, -0.05) is 13.8 Å². The fourth-order valence-corrected chi connectivity index (χ4v) is 2.44. The van der Waals surface area contributed by atoms with Gasteiger partial charge in [0, 0.05) is 19.3 Å². The summed E-state index contributed by atoms with van der Waals surface area (Å²) in [7, 11) is 1.99. The molecule has 0 aliphatic heterocycles. The van der Waals surface area contributed by atoms with Gasteiger partial charge < -0.3 is 5.32 Å². The highest BCUT2D eigenvalue weighted by molar-refractivity contribution is 5.05. The topological polar surface area (TPSA) is 29.9 Å². The first-order chi connectivity index (χ1) is 8.13. The molecule has 1 saturated carbocycles. The predicted octanol–water partition coefficient (Wildman–Crippen LogP) is 2.38. The Morgan fingerprint density at radius 2 is 2.24 bits per heavy atom. The molecule has 0 amide bonds. The van der Waals surface area contributed by atoms with Crippen LogP contribution in [-0.4, -0.2) is 22.4 Å². The lowest BCUT2D eigenvalue weighted by Gasteiger charge is -2.19. The van der Waals surface area contributed by atoms with E-state index in [1.54, 1.807) is 0 Å². The first-order valence-corrected chi connectivity index (χ1v) is 6.84. The van der Waals surface area contributed by atoms with E-state index in [4.69, 9.17) is 0 Å². The van der Waals surface area contributed by atoms with Crippen molar-refractivity contribution in [3.63, 3.8) is 0 Å². The molecule has 1 heterocycles. The Labute approximate surface area is 105 Å². The van der Waals surface area contributed by atoms with Crippen molar-refractivity contribution in [3.05, 3.63) is 18.0 Å². The molecule has 1 fully saturated rings. The van der Waals surface area contributed by atoms with E-state index >= 15 is 0 Å². The van der Waals surface area contributed by atoms with Crippen molar-refractivity contribution in [1.29, 1.82) is 0 Å². The van der Waals surface area contributed by atoms with Gasteiger partial charge in [-0.05, 0) is 49.6 Å². The van der Waals surface area contributed by atoms with Crippen LogP contribution in [0, 0.1) is 11.8 Å². The van der Waals surface area contributed by atoms with E-state index in [9.17, 15) is 0 Å². The van der Waals surface area contributed by atoms with Gasteiger partial charge in [0.15, 0.2) is 0 Å². The summed E-state index contributed by atoms with van der Waals surface area (Å²) >= 11 is 0. The van der Waals surface area contributed by atoms with Crippen molar-refractivity contribution in [1.82, 2.24) is 15.1 Å². The predicted molar refractivity (Wildman–Crippen MR) is 70.9 cm³/mol. The van der Waals surface area contributed by atoms with Crippen molar-refractivity contribution in [2.24, 2.45) is 18.9 Å². The van der Waals surface area contributed by atoms with Crippen LogP contribution in [0.2, 0.25) is 0 Å². The SMILES string of the molecule is CC(C)CC(CNC1CC1)Cc1cnn(C)c1. The third-order valence-electron chi connectivity index (χ3n) is 3.36. The van der Waals surface area contributed by atoms with Crippen molar-refractivity contribution in [3.8, 4) is 0 Å². The Morgan fingerprint density at radius 1 is 1.47 bits per heavy atom. The molecule has 0 aromatic carbocycles. The fraction of sp³-hybridized carbons (Fsp3) is 0.786. The van der Waals surface area contributed by atoms with Gasteiger partial charge in [0.05, 0.1) is 6.20 Å². The van der Waals surface area contributed by atoms with E-state index in [0.717, 1.165) is 30.8 Å². The summed E-state index contributed by atoms with van der Waals surface area (Å²) in [6, 6.07) is 0.818. The molecule has 0 spiro atoms. The first-order valence-electron chi connectivity index (χ1n) is 6.84. The first kappa shape index (κ1) is 12.6. The van der Waals surface area contributed by atoms with Crippen molar-refractivity contribution in [2.75, 3.05) is 6.54 Å². The van der Waals surface area contributed by atoms with Crippen LogP contribution >= 0.6 is 0 Å². The van der Waals surface area contributed by atoms with Gasteiger partial charge in [-0.25, -0.2) is 0 Å². The molecular formula is C14H25N3. The number of hydrogen-bond donors (Lipinski definition) is 1. The maximum Gasteiger partial charge on any atom is 0.0521 e. The summed E-state index contributed by atoms with van der Waals surface area (Å²) in [4.78, 5) is 0. The molecule has 3 nitrogen and oxygen atoms in total. The lowest BCUT2D eigenvalue weighted by Crippen LogP contribution is -2.27. The van der Waals surface area contributed by atoms with Crippen LogP contribution in [0.25, 0.3) is 0 Å². The summed E-state index contributed by atoms with van der Waals surface area (Å²) in [6.07, 6.45) is 9.36. The zero-order valence-electron chi connectivity index (χ0n) is 11.3. The maximum absolute atomic E-state index is 4.25. The second-order valence-corrected chi connectivity index (χ2v) is 5.90. The number of nitrogens with one attached hydrogen (secondary N) is 1. The lowest BCUT2D eigenvalue weighted by atomic mass is 9.92. The molecular weight excluding hydrogens is 210 g/mol. The highest BCUT2D eigenvalue weighted by Gasteiger charge is 2.22. The van der Waals surface area contributed by atoms with Gasteiger partial charge in [0.2, 0.25) is 0 Å². The van der Waals surface area contributed by atoms with Gasteiger partial charge in [0.25, 0.3) is 0 Å². The largest absolute Gasteiger partial charge is 0.314 e. The normalized spacial score (nSPS) is 17.6. The van der Waals surface area contributed by atoms with Crippen LogP contribution in [0.3, 0.4) is 0 Å². The van der Waals surface area contributed by atoms with Crippen LogP contribution in [0.15, 0.2) is 12.4 Å². The van der Waals surface area contributed by atoms with E-state index in [1.807, 2.05) is 17.9 Å². The van der Waals surface area contributed by atoms with Crippen molar-refractivity contribution in [2.45, 2.75) is 45.6 Å². The molecule has 1 atom stereocenters. The Balaban J connectivity index is 1.84. The van der Waals surface area contributed by atoms with Crippen molar-refractivity contribution < 1.29 is 0 Å². The molecule has 0 radical (unpaired) electrons. The minimum Gasteiger partial charge on any atom is -0.314 e. The van der Waals surface area contributed by atoms with Crippen LogP contribution in [0.4, 0.5) is 0 Å². The van der Waals surface area contributed by atoms with Crippen LogP contribution in [-0.2, 0) is 13.5 Å². The number of rotatable bonds is 7. The smallest absolute Gasteiger partial charge is 0.0521 e. The monoisotopic (exact) mass is 235 g/mol. The summed E-state index contributed by atoms with van der Waals surface area (Å²) < 4.78 is 1.90. The highest BCUT2D eigenvalue weighted by Crippen LogP contribution is 2.21. The van der Waals surface area contributed by atoms with E-state index < -0.39 is 0 Å². The molecule has 96 valence electrons. The Hall–Kier alpha value is -0.830. The number of aromatic nitrogens is 2. The van der Waals surface area contributed by atoms with Gasteiger partial charge in [-0.15, -0.1) is 0 Å². The summed E-state index contributed by atoms with van der Waals surface area (Å²) in [5, 5.41) is 7.91. The Kier molecular flexibility index (Phi) is 4.21. The van der Waals surface area contributed by atoms with E-state index in [2.05, 4.69) is 30.5 Å². The van der Waals surface area contributed by atoms with Gasteiger partial charge in [-0.2, -0.15) is 5.10 Å². The molecule has 17 heavy (non-hydrogen) atoms. The number of nitrogens with zero attached hydrogens (tertiary/aromatic N) is 2. The van der Waals surface area contributed by atoms with E-state index in [0.29, 0.717) is 0 Å². The molecule has 1 aliphatic rings. The Morgan fingerprint density at radius 3 is 2.76 bits per heavy atom. The molecule has 1 unspecified atom stereocenters. The Bertz CT molecular complexity index is 339. The summed E-state index contributed by atoms with van der Waals surface area (Å²) in [6.45, 7) is 5.79. The third-order valence-corrected chi connectivity index (χ3v) is 3.36. The summed E-state index contributed by atoms with van der Waals surface area (Å²) in [5.74, 6) is 1.53. The zero-order valence-corrected chi connectivity index (χ0v) is 11.3. The second-order valence-electron chi connectivity index (χ2n) is 5.90. The quantitative estimate of drug-likeness (QED) is 0.786. The molecule has 0 bridgehead atoms. The average Bonchev–Trinajstić information content (AvgIpc) is 2.99. The van der Waals surface area contributed by atoms with Gasteiger partial charge >= 0.3 is 0 Å². The van der Waals surface area contributed by atoms with Crippen LogP contribution in [0.1, 0.15) is 38.7 Å². The molecule has 1 aromatic heterocycles. The zero-order chi connectivity index (χ0) is 12.3. The van der Waals surface area contributed by atoms with E-state index in [-0.39, 0.29) is 0 Å². The molecule has 1 aromatic rings. The third kappa shape index (κ3) is 4.50. The second kappa shape index (κ2) is 5.67. The fourth-order valence-electron chi connectivity index (χ4n) is 2.44. The standard InChI is InChI=1S/C14H25N3/c1-11(2)6-12(8-15-14-4-5-14)7-13-9-16-17(3)10-13/h9-12,14-15H,4-8H2,1-3H3. The summed E-state index contributed by atoms with van der Waals surface area (Å²) in [5.41, 5.74) is 1.37. The van der Waals surface area contributed by atoms with Crippen LogP contribution < -0.4 is 5.32 Å². The molecule has 2 rings (SSSR count). The lowest BCUT2D eigenvalue weighted by molar-refractivity contribution is 0.384. The van der Waals surface area contributed by atoms with Gasteiger partial charge in [0.1, 0.15) is 0 Å². The number of aryl methyl sites for hydroxylation is 1. The average molecular weight is 235 g/mol. The van der Waals surface area contributed by atoms with Crippen LogP contribution in [0.5, 0.6) is 0 Å². The molecule has 3 heteroatoms. The molecule has 0 saturated heterocycles. The highest BCUT2D eigenvalue weighted by atomic mass is 15.2. The number of hydrogen-bond acceptors (Lipinski definition) is 2. The molecule has 1 N–H and O–H groups in total. The van der Waals surface area contributed by atoms with Gasteiger partial charge in [-0.3, -0.25) is 4.68 Å². The van der Waals surface area contributed by atoms with E-state index in [1.165, 1.54) is 24.8 Å². The van der Waals surface area contributed by atoms with Crippen molar-refractivity contribution >= 4 is 0 Å². The minimum absolute atomic E-state index is 0.750.